The first-order valence-corrected chi connectivity index (χ1v) is 8.75. The molecule has 0 atom stereocenters. The molecule has 0 amide bonds. The maximum atomic E-state index is 12.9. The van der Waals surface area contributed by atoms with E-state index < -0.39 is 0 Å². The summed E-state index contributed by atoms with van der Waals surface area (Å²) in [5.41, 5.74) is 2.50. The third-order valence-corrected chi connectivity index (χ3v) is 5.76. The van der Waals surface area contributed by atoms with Crippen LogP contribution in [0.2, 0.25) is 4.34 Å². The predicted octanol–water partition coefficient (Wildman–Crippen LogP) is 5.43. The van der Waals surface area contributed by atoms with E-state index in [9.17, 15) is 4.79 Å². The van der Waals surface area contributed by atoms with Crippen molar-refractivity contribution in [3.63, 3.8) is 0 Å². The minimum absolute atomic E-state index is 0.0158. The molecule has 3 heterocycles. The number of thioether (sulfide) groups is 1. The van der Waals surface area contributed by atoms with Gasteiger partial charge in [-0.1, -0.05) is 53.7 Å². The van der Waals surface area contributed by atoms with Gasteiger partial charge in [0.15, 0.2) is 0 Å². The van der Waals surface area contributed by atoms with Crippen LogP contribution in [-0.4, -0.2) is 4.57 Å². The van der Waals surface area contributed by atoms with E-state index in [1.165, 1.54) is 11.3 Å². The molecule has 2 aromatic heterocycles. The molecule has 1 aliphatic rings. The molecule has 0 bridgehead atoms. The molecular weight excluding hydrogens is 334 g/mol. The average molecular weight is 344 g/mol. The molecule has 108 valence electrons. The van der Waals surface area contributed by atoms with Crippen molar-refractivity contribution in [2.24, 2.45) is 0 Å². The predicted molar refractivity (Wildman–Crippen MR) is 95.6 cm³/mol. The Bertz CT molecular complexity index is 941. The van der Waals surface area contributed by atoms with Crippen molar-refractivity contribution < 1.29 is 0 Å². The molecule has 0 unspecified atom stereocenters. The van der Waals surface area contributed by atoms with Crippen molar-refractivity contribution in [3.05, 3.63) is 68.6 Å². The van der Waals surface area contributed by atoms with E-state index >= 15 is 0 Å². The van der Waals surface area contributed by atoms with Gasteiger partial charge >= 0.3 is 0 Å². The quantitative estimate of drug-likeness (QED) is 0.587. The SMILES string of the molecule is O=c1c(-c2ccccc2)ccc2n1C=CSc1cc(Cl)sc1-2. The van der Waals surface area contributed by atoms with Crippen molar-refractivity contribution in [1.29, 1.82) is 0 Å². The van der Waals surface area contributed by atoms with Crippen LogP contribution in [0.1, 0.15) is 0 Å². The highest BCUT2D eigenvalue weighted by Gasteiger charge is 2.18. The maximum absolute atomic E-state index is 12.9. The number of fused-ring (bicyclic) bond motifs is 3. The standard InChI is InChI=1S/C17H10ClNOS2/c18-15-10-14-16(22-15)13-7-6-12(11-4-2-1-3-5-11)17(20)19(13)8-9-21-14/h1-10H. The van der Waals surface area contributed by atoms with Gasteiger partial charge in [0.05, 0.1) is 14.9 Å². The second-order valence-corrected chi connectivity index (χ2v) is 7.45. The van der Waals surface area contributed by atoms with Gasteiger partial charge in [-0.2, -0.15) is 0 Å². The molecule has 5 heteroatoms. The summed E-state index contributed by atoms with van der Waals surface area (Å²) in [5, 5.41) is 1.93. The van der Waals surface area contributed by atoms with Gasteiger partial charge in [0.1, 0.15) is 0 Å². The zero-order valence-corrected chi connectivity index (χ0v) is 13.7. The molecule has 0 radical (unpaired) electrons. The summed E-state index contributed by atoms with van der Waals surface area (Å²) >= 11 is 9.22. The molecule has 0 fully saturated rings. The van der Waals surface area contributed by atoms with Gasteiger partial charge in [-0.05, 0) is 29.2 Å². The van der Waals surface area contributed by atoms with Crippen LogP contribution < -0.4 is 5.56 Å². The van der Waals surface area contributed by atoms with Crippen molar-refractivity contribution in [2.45, 2.75) is 4.90 Å². The molecule has 0 saturated heterocycles. The number of aromatic nitrogens is 1. The fourth-order valence-electron chi connectivity index (χ4n) is 2.50. The second-order valence-electron chi connectivity index (χ2n) is 4.82. The summed E-state index contributed by atoms with van der Waals surface area (Å²) in [7, 11) is 0. The topological polar surface area (TPSA) is 22.0 Å². The minimum atomic E-state index is -0.0158. The second kappa shape index (κ2) is 5.47. The number of benzene rings is 1. The molecular formula is C17H10ClNOS2. The van der Waals surface area contributed by atoms with E-state index in [1.54, 1.807) is 16.3 Å². The Kier molecular flexibility index (Phi) is 3.45. The Balaban J connectivity index is 1.98. The number of pyridine rings is 1. The normalized spacial score (nSPS) is 12.6. The lowest BCUT2D eigenvalue weighted by molar-refractivity contribution is 1.07. The average Bonchev–Trinajstić information content (AvgIpc) is 2.81. The molecule has 22 heavy (non-hydrogen) atoms. The highest BCUT2D eigenvalue weighted by molar-refractivity contribution is 8.02. The van der Waals surface area contributed by atoms with E-state index in [4.69, 9.17) is 11.6 Å². The number of thiophene rings is 1. The van der Waals surface area contributed by atoms with Crippen LogP contribution in [0.4, 0.5) is 0 Å². The van der Waals surface area contributed by atoms with Gasteiger partial charge in [-0.25, -0.2) is 0 Å². The van der Waals surface area contributed by atoms with E-state index in [-0.39, 0.29) is 5.56 Å². The van der Waals surface area contributed by atoms with E-state index in [1.807, 2.05) is 60.1 Å². The molecule has 0 spiro atoms. The number of rotatable bonds is 1. The first-order chi connectivity index (χ1) is 10.7. The number of hydrogen-bond acceptors (Lipinski definition) is 3. The Morgan fingerprint density at radius 1 is 1.05 bits per heavy atom. The van der Waals surface area contributed by atoms with Gasteiger partial charge in [0.2, 0.25) is 0 Å². The summed E-state index contributed by atoms with van der Waals surface area (Å²) in [5.74, 6) is 0. The number of hydrogen-bond donors (Lipinski definition) is 0. The summed E-state index contributed by atoms with van der Waals surface area (Å²) in [4.78, 5) is 15.0. The van der Waals surface area contributed by atoms with Crippen molar-refractivity contribution in [2.75, 3.05) is 0 Å². The zero-order valence-electron chi connectivity index (χ0n) is 11.3. The van der Waals surface area contributed by atoms with Crippen molar-refractivity contribution >= 4 is 40.9 Å². The van der Waals surface area contributed by atoms with Gasteiger partial charge in [-0.15, -0.1) is 11.3 Å². The molecule has 0 N–H and O–H groups in total. The lowest BCUT2D eigenvalue weighted by atomic mass is 10.1. The van der Waals surface area contributed by atoms with Gasteiger partial charge < -0.3 is 0 Å². The van der Waals surface area contributed by atoms with Gasteiger partial charge in [0.25, 0.3) is 5.56 Å². The Labute approximate surface area is 140 Å². The maximum Gasteiger partial charge on any atom is 0.263 e. The third-order valence-electron chi connectivity index (χ3n) is 3.51. The van der Waals surface area contributed by atoms with Crippen LogP contribution in [0.3, 0.4) is 0 Å². The summed E-state index contributed by atoms with van der Waals surface area (Å²) in [6, 6.07) is 15.6. The summed E-state index contributed by atoms with van der Waals surface area (Å²) in [6.07, 6.45) is 1.83. The third kappa shape index (κ3) is 2.24. The number of halogens is 1. The van der Waals surface area contributed by atoms with Crippen LogP contribution in [0.5, 0.6) is 0 Å². The first kappa shape index (κ1) is 13.9. The highest BCUT2D eigenvalue weighted by atomic mass is 35.5. The molecule has 4 rings (SSSR count). The van der Waals surface area contributed by atoms with E-state index in [2.05, 4.69) is 0 Å². The minimum Gasteiger partial charge on any atom is -0.282 e. The summed E-state index contributed by atoms with van der Waals surface area (Å²) in [6.45, 7) is 0. The fraction of sp³-hybridized carbons (Fsp3) is 0. The number of nitrogens with zero attached hydrogens (tertiary/aromatic N) is 1. The lowest BCUT2D eigenvalue weighted by Crippen LogP contribution is -2.18. The first-order valence-electron chi connectivity index (χ1n) is 6.68. The van der Waals surface area contributed by atoms with Crippen molar-refractivity contribution in [3.8, 4) is 21.7 Å². The van der Waals surface area contributed by atoms with Crippen LogP contribution in [0, 0.1) is 0 Å². The summed E-state index contributed by atoms with van der Waals surface area (Å²) < 4.78 is 2.44. The molecule has 1 aliphatic heterocycles. The zero-order chi connectivity index (χ0) is 15.1. The Morgan fingerprint density at radius 3 is 2.68 bits per heavy atom. The molecule has 0 aliphatic carbocycles. The van der Waals surface area contributed by atoms with Crippen LogP contribution >= 0.6 is 34.7 Å². The lowest BCUT2D eigenvalue weighted by Gasteiger charge is -2.09. The van der Waals surface area contributed by atoms with Gasteiger partial charge in [-0.3, -0.25) is 9.36 Å². The van der Waals surface area contributed by atoms with Crippen LogP contribution in [0.25, 0.3) is 27.9 Å². The van der Waals surface area contributed by atoms with Crippen LogP contribution in [-0.2, 0) is 0 Å². The van der Waals surface area contributed by atoms with Crippen molar-refractivity contribution in [1.82, 2.24) is 4.57 Å². The van der Waals surface area contributed by atoms with Crippen LogP contribution in [0.15, 0.2) is 63.6 Å². The molecule has 2 nitrogen and oxygen atoms in total. The fourth-order valence-corrected chi connectivity index (χ4v) is 4.78. The Hall–Kier alpha value is -1.75. The molecule has 1 aromatic carbocycles. The Morgan fingerprint density at radius 2 is 1.86 bits per heavy atom. The smallest absolute Gasteiger partial charge is 0.263 e. The molecule has 3 aromatic rings. The van der Waals surface area contributed by atoms with E-state index in [0.29, 0.717) is 5.56 Å². The van der Waals surface area contributed by atoms with E-state index in [0.717, 1.165) is 25.4 Å². The molecule has 0 saturated carbocycles. The monoisotopic (exact) mass is 343 g/mol. The highest BCUT2D eigenvalue weighted by Crippen LogP contribution is 2.43. The van der Waals surface area contributed by atoms with Gasteiger partial charge in [0, 0.05) is 16.7 Å². The largest absolute Gasteiger partial charge is 0.282 e.